The molecule has 268 valence electrons. The van der Waals surface area contributed by atoms with E-state index in [-0.39, 0.29) is 0 Å². The summed E-state index contributed by atoms with van der Waals surface area (Å²) in [6, 6.07) is 0. The maximum atomic E-state index is 5.02. The lowest BCUT2D eigenvalue weighted by atomic mass is 10.0. The zero-order valence-electron chi connectivity index (χ0n) is 30.1. The number of hydrogen-bond acceptors (Lipinski definition) is 2. The molecule has 0 saturated heterocycles. The fourth-order valence-electron chi connectivity index (χ4n) is 6.61. The molecule has 0 heterocycles. The molecule has 5 heteroatoms. The molecule has 0 radical (unpaired) electrons. The smallest absolute Gasteiger partial charge is 0.130 e. The van der Waals surface area contributed by atoms with Gasteiger partial charge in [-0.15, -0.1) is 25.3 Å². The van der Waals surface area contributed by atoms with Gasteiger partial charge in [0.1, 0.15) is 4.32 Å². The molecule has 0 aromatic heterocycles. The Morgan fingerprint density at radius 1 is 0.289 bits per heavy atom. The van der Waals surface area contributed by atoms with Crippen LogP contribution in [0, 0.1) is 0 Å². The average molecular weight is 702 g/mol. The largest absolute Gasteiger partial charge is 0.371 e. The molecule has 1 N–H and O–H groups in total. The van der Waals surface area contributed by atoms with Crippen molar-refractivity contribution in [2.24, 2.45) is 0 Å². The molecule has 0 rings (SSSR count). The Hall–Kier alpha value is 0.680. The molecule has 1 nitrogen and oxygen atoms in total. The van der Waals surface area contributed by atoms with Crippen LogP contribution in [0.1, 0.15) is 238 Å². The highest BCUT2D eigenvalue weighted by Gasteiger charge is 1.98. The van der Waals surface area contributed by atoms with Gasteiger partial charge < -0.3 is 5.32 Å². The number of hydrogen-bond donors (Lipinski definition) is 3. The molecular formula is C40H79NS4. The maximum Gasteiger partial charge on any atom is 0.130 e. The van der Waals surface area contributed by atoms with Crippen molar-refractivity contribution < 1.29 is 0 Å². The molecule has 0 spiro atoms. The Bertz CT molecular complexity index is 547. The molecule has 0 fully saturated rings. The Morgan fingerprint density at radius 2 is 0.467 bits per heavy atom. The van der Waals surface area contributed by atoms with Gasteiger partial charge in [-0.1, -0.05) is 243 Å². The minimum Gasteiger partial charge on any atom is -0.371 e. The Balaban J connectivity index is 3.05. The maximum absolute atomic E-state index is 5.02. The van der Waals surface area contributed by atoms with Crippen molar-refractivity contribution in [3.8, 4) is 0 Å². The SMILES string of the molecule is S=C(S)CCCCCCCCCCCCCCCCCCCCCCCCCCCCCCCCCCCCCCNC(=S)S. The quantitative estimate of drug-likeness (QED) is 0.0335. The van der Waals surface area contributed by atoms with Crippen LogP contribution in [-0.4, -0.2) is 15.1 Å². The summed E-state index contributed by atoms with van der Waals surface area (Å²) in [6.45, 7) is 0.986. The van der Waals surface area contributed by atoms with Crippen LogP contribution in [0.3, 0.4) is 0 Å². The second-order valence-corrected chi connectivity index (χ2v) is 16.6. The highest BCUT2D eigenvalue weighted by molar-refractivity contribution is 8.11. The Labute approximate surface area is 306 Å². The van der Waals surface area contributed by atoms with Crippen LogP contribution in [0.4, 0.5) is 0 Å². The van der Waals surface area contributed by atoms with Crippen molar-refractivity contribution in [3.63, 3.8) is 0 Å². The fourth-order valence-corrected chi connectivity index (χ4v) is 7.12. The second-order valence-electron chi connectivity index (χ2n) is 14.1. The molecule has 0 amide bonds. The van der Waals surface area contributed by atoms with Crippen LogP contribution < -0.4 is 5.32 Å². The van der Waals surface area contributed by atoms with Crippen LogP contribution in [0.5, 0.6) is 0 Å². The monoisotopic (exact) mass is 702 g/mol. The van der Waals surface area contributed by atoms with E-state index < -0.39 is 0 Å². The fraction of sp³-hybridized carbons (Fsp3) is 0.950. The zero-order chi connectivity index (χ0) is 32.7. The van der Waals surface area contributed by atoms with Gasteiger partial charge in [0.05, 0.1) is 0 Å². The van der Waals surface area contributed by atoms with Crippen molar-refractivity contribution >= 4 is 58.2 Å². The van der Waals surface area contributed by atoms with E-state index in [0.29, 0.717) is 4.32 Å². The third kappa shape index (κ3) is 44.7. The lowest BCUT2D eigenvalue weighted by molar-refractivity contribution is 0.510. The topological polar surface area (TPSA) is 12.0 Å². The van der Waals surface area contributed by atoms with Crippen LogP contribution in [0.2, 0.25) is 0 Å². The number of nitrogens with one attached hydrogen (secondary N) is 1. The minimum absolute atomic E-state index is 0.629. The molecule has 0 aliphatic carbocycles. The number of thiocarbonyl (C=S) groups is 2. The van der Waals surface area contributed by atoms with Gasteiger partial charge in [-0.3, -0.25) is 0 Å². The van der Waals surface area contributed by atoms with E-state index in [9.17, 15) is 0 Å². The van der Waals surface area contributed by atoms with E-state index in [1.807, 2.05) is 0 Å². The van der Waals surface area contributed by atoms with Gasteiger partial charge in [-0.2, -0.15) is 0 Å². The summed E-state index contributed by atoms with van der Waals surface area (Å²) in [5.41, 5.74) is 0. The molecule has 0 atom stereocenters. The van der Waals surface area contributed by atoms with E-state index in [0.717, 1.165) is 17.2 Å². The minimum atomic E-state index is 0.629. The molecule has 0 aliphatic rings. The van der Waals surface area contributed by atoms with E-state index in [1.54, 1.807) is 0 Å². The van der Waals surface area contributed by atoms with E-state index in [2.05, 4.69) is 30.6 Å². The summed E-state index contributed by atoms with van der Waals surface area (Å²) in [4.78, 5) is 0. The van der Waals surface area contributed by atoms with Crippen molar-refractivity contribution in [1.82, 2.24) is 5.32 Å². The Kier molecular flexibility index (Phi) is 41.5. The first kappa shape index (κ1) is 45.7. The van der Waals surface area contributed by atoms with Gasteiger partial charge in [-0.05, 0) is 19.3 Å². The van der Waals surface area contributed by atoms with E-state index in [4.69, 9.17) is 24.4 Å². The van der Waals surface area contributed by atoms with Gasteiger partial charge in [-0.25, -0.2) is 0 Å². The van der Waals surface area contributed by atoms with E-state index >= 15 is 0 Å². The highest BCUT2D eigenvalue weighted by atomic mass is 32.1. The molecule has 0 bridgehead atoms. The molecule has 45 heavy (non-hydrogen) atoms. The van der Waals surface area contributed by atoms with Gasteiger partial charge in [0.2, 0.25) is 0 Å². The average Bonchev–Trinajstić information content (AvgIpc) is 3.02. The number of thiol groups is 2. The third-order valence-electron chi connectivity index (χ3n) is 9.59. The first-order valence-corrected chi connectivity index (χ1v) is 22.0. The van der Waals surface area contributed by atoms with Crippen molar-refractivity contribution in [3.05, 3.63) is 0 Å². The summed E-state index contributed by atoms with van der Waals surface area (Å²) >= 11 is 18.2. The molecule has 0 aromatic rings. The molecule has 0 unspecified atom stereocenters. The summed E-state index contributed by atoms with van der Waals surface area (Å²) in [5.74, 6) is 0. The first-order chi connectivity index (χ1) is 22.1. The lowest BCUT2D eigenvalue weighted by Gasteiger charge is -2.05. The van der Waals surface area contributed by atoms with E-state index in [1.165, 1.54) is 231 Å². The highest BCUT2D eigenvalue weighted by Crippen LogP contribution is 2.17. The molecular weight excluding hydrogens is 623 g/mol. The van der Waals surface area contributed by atoms with Gasteiger partial charge >= 0.3 is 0 Å². The summed E-state index contributed by atoms with van der Waals surface area (Å²) in [6.07, 6.45) is 52.8. The van der Waals surface area contributed by atoms with Crippen molar-refractivity contribution in [2.75, 3.05) is 6.54 Å². The summed E-state index contributed by atoms with van der Waals surface area (Å²) in [7, 11) is 0. The zero-order valence-corrected chi connectivity index (χ0v) is 33.5. The lowest BCUT2D eigenvalue weighted by Crippen LogP contribution is -2.17. The molecule has 0 saturated carbocycles. The first-order valence-electron chi connectivity index (χ1n) is 20.3. The van der Waals surface area contributed by atoms with Crippen molar-refractivity contribution in [1.29, 1.82) is 0 Å². The summed E-state index contributed by atoms with van der Waals surface area (Å²) in [5, 5.41) is 3.12. The summed E-state index contributed by atoms with van der Waals surface area (Å²) < 4.78 is 1.51. The molecule has 0 aromatic carbocycles. The normalized spacial score (nSPS) is 11.3. The predicted molar refractivity (Wildman–Crippen MR) is 222 cm³/mol. The van der Waals surface area contributed by atoms with Crippen molar-refractivity contribution in [2.45, 2.75) is 238 Å². The van der Waals surface area contributed by atoms with Gasteiger partial charge in [0.15, 0.2) is 0 Å². The van der Waals surface area contributed by atoms with Gasteiger partial charge in [0, 0.05) is 10.7 Å². The van der Waals surface area contributed by atoms with Crippen LogP contribution in [0.25, 0.3) is 0 Å². The number of unbranched alkanes of at least 4 members (excludes halogenated alkanes) is 35. The van der Waals surface area contributed by atoms with Crippen LogP contribution >= 0.6 is 49.7 Å². The third-order valence-corrected chi connectivity index (χ3v) is 10.3. The standard InChI is InChI=1S/C40H79NS4/c42-39(43)37-35-33-31-29-27-25-23-21-19-17-15-13-11-9-7-5-3-1-2-4-6-8-10-12-14-16-18-20-22-24-26-28-30-32-34-36-38-41-40(44)45/h1-38H2,(H,42,43)(H2,41,44,45). The second kappa shape index (κ2) is 40.9. The van der Waals surface area contributed by atoms with Gasteiger partial charge in [0.25, 0.3) is 0 Å². The number of rotatable bonds is 39. The predicted octanol–water partition coefficient (Wildman–Crippen LogP) is 15.5. The van der Waals surface area contributed by atoms with Crippen LogP contribution in [0.15, 0.2) is 0 Å². The molecule has 0 aliphatic heterocycles. The van der Waals surface area contributed by atoms with Crippen LogP contribution in [-0.2, 0) is 0 Å². The Morgan fingerprint density at radius 3 is 0.644 bits per heavy atom.